The molecule has 0 radical (unpaired) electrons. The van der Waals surface area contributed by atoms with Crippen molar-refractivity contribution < 1.29 is 11.6 Å². The predicted octanol–water partition coefficient (Wildman–Crippen LogP) is 19.8. The smallest absolute Gasteiger partial charge is 0.137 e. The summed E-state index contributed by atoms with van der Waals surface area (Å²) in [6.45, 7) is 20.4. The van der Waals surface area contributed by atoms with Gasteiger partial charge in [-0.1, -0.05) is 196 Å². The Labute approximate surface area is 459 Å². The van der Waals surface area contributed by atoms with E-state index in [1.54, 1.807) is 0 Å². The third kappa shape index (κ3) is 8.37. The standard InChI is InChI=1S/C72H64N4O/c1-70(2,3)49-32-34-58-61-28-18-27-55(48-38-47(46-20-11-10-12-21-46)39-51(40-48)72(7,8)9)68(61)75-45-74(65-31-19-29-62(69(65)75)56-24-13-14-25-57(56)63(58)41-49)52-22-17-23-53(43-52)77-54-33-35-60-59-26-15-16-30-64(59)76(66(60)44-54)67-42-50(36-37-73-67)71(4,5)6/h10-44H,45H2,1-9H3/i10D,11D,12D,20D,21D. The van der Waals surface area contributed by atoms with Crippen molar-refractivity contribution in [2.45, 2.75) is 85.2 Å². The highest BCUT2D eigenvalue weighted by atomic mass is 16.5. The molecule has 4 heterocycles. The maximum atomic E-state index is 9.16. The van der Waals surface area contributed by atoms with E-state index in [-0.39, 0.29) is 46.0 Å². The van der Waals surface area contributed by atoms with Gasteiger partial charge in [-0.15, -0.1) is 0 Å². The van der Waals surface area contributed by atoms with Crippen LogP contribution in [0.1, 0.15) is 85.9 Å². The molecule has 0 fully saturated rings. The van der Waals surface area contributed by atoms with Crippen molar-refractivity contribution in [2.24, 2.45) is 0 Å². The molecule has 378 valence electrons. The van der Waals surface area contributed by atoms with Gasteiger partial charge < -0.3 is 14.2 Å². The van der Waals surface area contributed by atoms with Crippen molar-refractivity contribution in [3.63, 3.8) is 0 Å². The molecule has 1 aliphatic heterocycles. The van der Waals surface area contributed by atoms with E-state index in [1.165, 1.54) is 11.1 Å². The first-order valence-electron chi connectivity index (χ1n) is 29.2. The van der Waals surface area contributed by atoms with Crippen LogP contribution in [0.5, 0.6) is 11.5 Å². The highest BCUT2D eigenvalue weighted by molar-refractivity contribution is 6.22. The van der Waals surface area contributed by atoms with Gasteiger partial charge in [0.05, 0.1) is 34.6 Å². The second kappa shape index (κ2) is 18.0. The van der Waals surface area contributed by atoms with Gasteiger partial charge in [0.15, 0.2) is 0 Å². The quantitative estimate of drug-likeness (QED) is 0.166. The molecule has 0 N–H and O–H groups in total. The molecule has 77 heavy (non-hydrogen) atoms. The highest BCUT2D eigenvalue weighted by Gasteiger charge is 2.27. The van der Waals surface area contributed by atoms with E-state index in [2.05, 4.69) is 234 Å². The monoisotopic (exact) mass is 1010 g/mol. The van der Waals surface area contributed by atoms with Gasteiger partial charge in [-0.25, -0.2) is 4.98 Å². The summed E-state index contributed by atoms with van der Waals surface area (Å²) in [4.78, 5) is 7.30. The zero-order valence-corrected chi connectivity index (χ0v) is 45.2. The van der Waals surface area contributed by atoms with Crippen LogP contribution in [-0.4, -0.2) is 14.1 Å². The lowest BCUT2D eigenvalue weighted by Gasteiger charge is -2.23. The number of ether oxygens (including phenoxy) is 1. The molecule has 3 aromatic heterocycles. The minimum absolute atomic E-state index is 0.0554. The molecule has 5 nitrogen and oxygen atoms in total. The molecule has 0 spiro atoms. The molecule has 0 saturated heterocycles. The summed E-state index contributed by atoms with van der Waals surface area (Å²) in [5.41, 5.74) is 11.5. The number of fused-ring (bicyclic) bond motifs is 10. The first kappa shape index (κ1) is 42.5. The van der Waals surface area contributed by atoms with Gasteiger partial charge in [0, 0.05) is 51.1 Å². The van der Waals surface area contributed by atoms with Crippen LogP contribution in [0.25, 0.3) is 93.2 Å². The van der Waals surface area contributed by atoms with Crippen LogP contribution in [-0.2, 0) is 22.9 Å². The number of hydrogen-bond donors (Lipinski definition) is 0. The zero-order chi connectivity index (χ0) is 57.3. The van der Waals surface area contributed by atoms with Crippen molar-refractivity contribution >= 4 is 76.5 Å². The summed E-state index contributed by atoms with van der Waals surface area (Å²) in [7, 11) is 0. The number of nitrogens with zero attached hydrogens (tertiary/aromatic N) is 4. The first-order chi connectivity index (χ1) is 39.1. The van der Waals surface area contributed by atoms with Gasteiger partial charge in [0.1, 0.15) is 24.0 Å². The second-order valence-electron chi connectivity index (χ2n) is 23.8. The van der Waals surface area contributed by atoms with E-state index in [0.29, 0.717) is 23.7 Å². The molecule has 0 amide bonds. The van der Waals surface area contributed by atoms with Gasteiger partial charge in [-0.05, 0) is 132 Å². The third-order valence-corrected chi connectivity index (χ3v) is 15.6. The Kier molecular flexibility index (Phi) is 9.94. The number of benzene rings is 9. The summed E-state index contributed by atoms with van der Waals surface area (Å²) in [5, 5.41) is 8.88. The van der Waals surface area contributed by atoms with Crippen molar-refractivity contribution in [1.82, 2.24) is 14.1 Å². The number of pyridine rings is 1. The van der Waals surface area contributed by atoms with E-state index in [0.717, 1.165) is 99.0 Å². The Balaban J connectivity index is 1.04. The maximum absolute atomic E-state index is 9.16. The van der Waals surface area contributed by atoms with Gasteiger partial charge in [0.25, 0.3) is 0 Å². The maximum Gasteiger partial charge on any atom is 0.137 e. The fourth-order valence-corrected chi connectivity index (χ4v) is 11.5. The van der Waals surface area contributed by atoms with Crippen molar-refractivity contribution in [3.8, 4) is 39.6 Å². The SMILES string of the molecule is [2H]c1c([2H])c([2H])c(-c2cc(-c3cccc4c5ccc(C(C)(C)C)cc5c5ccccc5c5cccc6c5n(c34)CN6c3cccc(Oc4ccc5c6ccccc6n(-c6cc(C(C)(C)C)ccn6)c5c4)c3)cc(C(C)(C)C)c2)c([2H])c1[2H]. The lowest BCUT2D eigenvalue weighted by Crippen LogP contribution is -2.15. The van der Waals surface area contributed by atoms with Crippen LogP contribution in [0.2, 0.25) is 0 Å². The molecule has 0 aliphatic carbocycles. The summed E-state index contributed by atoms with van der Waals surface area (Å²) in [5.74, 6) is 2.26. The molecular formula is C72H64N4O. The molecule has 0 saturated carbocycles. The van der Waals surface area contributed by atoms with E-state index in [4.69, 9.17) is 16.6 Å². The summed E-state index contributed by atoms with van der Waals surface area (Å²) in [6.07, 6.45) is 1.91. The summed E-state index contributed by atoms with van der Waals surface area (Å²) < 4.78 is 55.8. The fraction of sp³-hybridized carbons (Fsp3) is 0.181. The third-order valence-electron chi connectivity index (χ3n) is 15.6. The van der Waals surface area contributed by atoms with Crippen molar-refractivity contribution in [3.05, 3.63) is 229 Å². The number of anilines is 2. The van der Waals surface area contributed by atoms with Gasteiger partial charge >= 0.3 is 0 Å². The zero-order valence-electron chi connectivity index (χ0n) is 50.2. The Morgan fingerprint density at radius 3 is 1.82 bits per heavy atom. The fourth-order valence-electron chi connectivity index (χ4n) is 11.5. The molecule has 0 bridgehead atoms. The molecule has 0 atom stereocenters. The van der Waals surface area contributed by atoms with E-state index < -0.39 is 6.04 Å². The number of aromatic nitrogens is 3. The Bertz CT molecular complexity index is 4690. The Morgan fingerprint density at radius 1 is 0.442 bits per heavy atom. The Hall–Kier alpha value is -8.67. The normalized spacial score (nSPS) is 13.8. The minimum atomic E-state index is -0.414. The molecule has 9 aromatic carbocycles. The topological polar surface area (TPSA) is 35.2 Å². The molecule has 1 aliphatic rings. The lowest BCUT2D eigenvalue weighted by atomic mass is 9.83. The van der Waals surface area contributed by atoms with E-state index in [1.807, 2.05) is 24.4 Å². The van der Waals surface area contributed by atoms with Crippen LogP contribution in [0.15, 0.2) is 212 Å². The molecule has 12 aromatic rings. The second-order valence-corrected chi connectivity index (χ2v) is 23.8. The molecule has 13 rings (SSSR count). The lowest BCUT2D eigenvalue weighted by molar-refractivity contribution is 0.483. The summed E-state index contributed by atoms with van der Waals surface area (Å²) in [6, 6.07) is 61.0. The van der Waals surface area contributed by atoms with Crippen LogP contribution >= 0.6 is 0 Å². The van der Waals surface area contributed by atoms with Gasteiger partial charge in [-0.2, -0.15) is 0 Å². The molecule has 5 heteroatoms. The van der Waals surface area contributed by atoms with Crippen LogP contribution in [0.4, 0.5) is 11.4 Å². The van der Waals surface area contributed by atoms with E-state index in [9.17, 15) is 0 Å². The minimum Gasteiger partial charge on any atom is -0.457 e. The largest absolute Gasteiger partial charge is 0.457 e. The first-order valence-corrected chi connectivity index (χ1v) is 26.7. The van der Waals surface area contributed by atoms with Crippen molar-refractivity contribution in [2.75, 3.05) is 4.90 Å². The van der Waals surface area contributed by atoms with Gasteiger partial charge in [0.2, 0.25) is 0 Å². The molecular weight excluding hydrogens is 937 g/mol. The van der Waals surface area contributed by atoms with Gasteiger partial charge in [-0.3, -0.25) is 4.57 Å². The Morgan fingerprint density at radius 2 is 1.05 bits per heavy atom. The summed E-state index contributed by atoms with van der Waals surface area (Å²) >= 11 is 0. The average molecular weight is 1010 g/mol. The highest BCUT2D eigenvalue weighted by Crippen LogP contribution is 2.47. The predicted molar refractivity (Wildman–Crippen MR) is 326 cm³/mol. The average Bonchev–Trinajstić information content (AvgIpc) is 2.47. The number of hydrogen-bond acceptors (Lipinski definition) is 3. The van der Waals surface area contributed by atoms with E-state index >= 15 is 0 Å². The van der Waals surface area contributed by atoms with Crippen LogP contribution in [0, 0.1) is 0 Å². The number of rotatable bonds is 6. The van der Waals surface area contributed by atoms with Crippen LogP contribution < -0.4 is 9.64 Å². The van der Waals surface area contributed by atoms with Crippen molar-refractivity contribution in [1.29, 1.82) is 0 Å². The molecule has 0 unspecified atom stereocenters. The van der Waals surface area contributed by atoms with Crippen LogP contribution in [0.3, 0.4) is 0 Å². The number of para-hydroxylation sites is 3.